The van der Waals surface area contributed by atoms with Gasteiger partial charge in [-0.3, -0.25) is 4.79 Å². The van der Waals surface area contributed by atoms with Crippen molar-refractivity contribution in [1.82, 2.24) is 0 Å². The summed E-state index contributed by atoms with van der Waals surface area (Å²) in [5, 5.41) is 0. The number of fused-ring (bicyclic) bond motifs is 1. The van der Waals surface area contributed by atoms with E-state index in [1.165, 1.54) is 11.1 Å². The monoisotopic (exact) mass is 449 g/mol. The van der Waals surface area contributed by atoms with Gasteiger partial charge in [-0.25, -0.2) is 0 Å². The second kappa shape index (κ2) is 8.16. The molecular weight excluding hydrogens is 422 g/mol. The van der Waals surface area contributed by atoms with E-state index in [4.69, 9.17) is 0 Å². The van der Waals surface area contributed by atoms with Gasteiger partial charge >= 0.3 is 0 Å². The Hall–Kier alpha value is -2.39. The van der Waals surface area contributed by atoms with Gasteiger partial charge < -0.3 is 4.90 Å². The maximum absolute atomic E-state index is 13.0. The Morgan fingerprint density at radius 3 is 2.03 bits per heavy atom. The average Bonchev–Trinajstić information content (AvgIpc) is 2.72. The van der Waals surface area contributed by atoms with Crippen molar-refractivity contribution in [1.29, 1.82) is 0 Å². The molecule has 1 atom stereocenters. The zero-order valence-corrected chi connectivity index (χ0v) is 19.0. The summed E-state index contributed by atoms with van der Waals surface area (Å²) in [5.41, 5.74) is 4.31. The van der Waals surface area contributed by atoms with Gasteiger partial charge in [0.2, 0.25) is 0 Å². The molecule has 0 fully saturated rings. The number of rotatable bonds is 4. The van der Waals surface area contributed by atoms with Gasteiger partial charge in [0, 0.05) is 22.2 Å². The van der Waals surface area contributed by atoms with Crippen LogP contribution < -0.4 is 4.90 Å². The summed E-state index contributed by atoms with van der Waals surface area (Å²) >= 11 is 0. The van der Waals surface area contributed by atoms with E-state index in [9.17, 15) is 4.79 Å². The molecule has 1 aliphatic heterocycles. The van der Waals surface area contributed by atoms with Crippen molar-refractivity contribution in [3.8, 4) is 0 Å². The first kappa shape index (κ1) is 21.3. The van der Waals surface area contributed by atoms with Crippen LogP contribution in [0.3, 0.4) is 0 Å². The molecule has 0 N–H and O–H groups in total. The van der Waals surface area contributed by atoms with E-state index >= 15 is 0 Å². The van der Waals surface area contributed by atoms with Crippen LogP contribution in [0.5, 0.6) is 0 Å². The summed E-state index contributed by atoms with van der Waals surface area (Å²) in [6, 6.07) is 28.9. The highest BCUT2D eigenvalue weighted by Gasteiger charge is 2.45. The van der Waals surface area contributed by atoms with Crippen LogP contribution >= 0.6 is 17.0 Å². The molecule has 0 spiro atoms. The van der Waals surface area contributed by atoms with Gasteiger partial charge in [0.1, 0.15) is 0 Å². The van der Waals surface area contributed by atoms with Crippen molar-refractivity contribution in [3.05, 3.63) is 102 Å². The minimum absolute atomic E-state index is 0. The quantitative estimate of drug-likeness (QED) is 0.426. The molecule has 3 aromatic rings. The van der Waals surface area contributed by atoms with E-state index in [0.717, 1.165) is 17.7 Å². The molecule has 0 saturated heterocycles. The number of hydrogen-bond donors (Lipinski definition) is 0. The van der Waals surface area contributed by atoms with Crippen LogP contribution in [-0.4, -0.2) is 17.9 Å². The molecular formula is C26H28BrNO. The Morgan fingerprint density at radius 2 is 1.38 bits per heavy atom. The third-order valence-corrected chi connectivity index (χ3v) is 6.11. The largest absolute Gasteiger partial charge is 0.358 e. The molecule has 3 heteroatoms. The number of hydrogen-bond acceptors (Lipinski definition) is 2. The lowest BCUT2D eigenvalue weighted by molar-refractivity contribution is 0.0989. The fraction of sp³-hybridized carbons (Fsp3) is 0.269. The molecule has 0 bridgehead atoms. The van der Waals surface area contributed by atoms with Crippen molar-refractivity contribution in [2.75, 3.05) is 11.4 Å². The van der Waals surface area contributed by atoms with Gasteiger partial charge in [-0.05, 0) is 37.5 Å². The van der Waals surface area contributed by atoms with Crippen LogP contribution in [-0.2, 0) is 5.41 Å². The Bertz CT molecular complexity index is 984. The SMILES string of the molecule is Br.CC1(c2ccccc2)CC(C)(C)N(CC(=O)c2ccccc2)c2ccccc21. The number of para-hydroxylation sites is 1. The second-order valence-electron chi connectivity index (χ2n) is 8.58. The van der Waals surface area contributed by atoms with Crippen LogP contribution in [0.1, 0.15) is 48.7 Å². The predicted molar refractivity (Wildman–Crippen MR) is 126 cm³/mol. The number of nitrogens with zero attached hydrogens (tertiary/aromatic N) is 1. The molecule has 1 unspecified atom stereocenters. The van der Waals surface area contributed by atoms with Gasteiger partial charge in [0.15, 0.2) is 5.78 Å². The van der Waals surface area contributed by atoms with Crippen molar-refractivity contribution in [2.24, 2.45) is 0 Å². The molecule has 1 heterocycles. The number of carbonyl (C=O) groups is 1. The summed E-state index contributed by atoms with van der Waals surface area (Å²) in [5.74, 6) is 0.159. The Kier molecular flexibility index (Phi) is 6.00. The lowest BCUT2D eigenvalue weighted by Crippen LogP contribution is -2.55. The Labute approximate surface area is 184 Å². The van der Waals surface area contributed by atoms with Crippen molar-refractivity contribution >= 4 is 28.5 Å². The maximum atomic E-state index is 13.0. The molecule has 0 saturated carbocycles. The van der Waals surface area contributed by atoms with Crippen molar-refractivity contribution < 1.29 is 4.79 Å². The first-order chi connectivity index (χ1) is 13.4. The van der Waals surface area contributed by atoms with Crippen LogP contribution in [0.2, 0.25) is 0 Å². The van der Waals surface area contributed by atoms with E-state index in [2.05, 4.69) is 80.3 Å². The number of anilines is 1. The third-order valence-electron chi connectivity index (χ3n) is 6.11. The fourth-order valence-electron chi connectivity index (χ4n) is 4.78. The summed E-state index contributed by atoms with van der Waals surface area (Å²) in [6.07, 6.45) is 0.948. The van der Waals surface area contributed by atoms with Crippen molar-refractivity contribution in [2.45, 2.75) is 38.1 Å². The topological polar surface area (TPSA) is 20.3 Å². The Morgan fingerprint density at radius 1 is 0.828 bits per heavy atom. The minimum Gasteiger partial charge on any atom is -0.358 e. The van der Waals surface area contributed by atoms with E-state index in [1.54, 1.807) is 0 Å². The Balaban J connectivity index is 0.00000240. The van der Waals surface area contributed by atoms with E-state index in [-0.39, 0.29) is 33.7 Å². The molecule has 0 radical (unpaired) electrons. The summed E-state index contributed by atoms with van der Waals surface area (Å²) in [6.45, 7) is 7.23. The van der Waals surface area contributed by atoms with Gasteiger partial charge in [0.25, 0.3) is 0 Å². The number of carbonyl (C=O) groups excluding carboxylic acids is 1. The molecule has 29 heavy (non-hydrogen) atoms. The number of ketones is 1. The van der Waals surface area contributed by atoms with Crippen LogP contribution in [0, 0.1) is 0 Å². The number of halogens is 1. The van der Waals surface area contributed by atoms with Crippen LogP contribution in [0.15, 0.2) is 84.9 Å². The lowest BCUT2D eigenvalue weighted by atomic mass is 9.65. The molecule has 150 valence electrons. The molecule has 3 aromatic carbocycles. The van der Waals surface area contributed by atoms with E-state index < -0.39 is 0 Å². The smallest absolute Gasteiger partial charge is 0.182 e. The highest BCUT2D eigenvalue weighted by Crippen LogP contribution is 2.50. The zero-order chi connectivity index (χ0) is 19.8. The first-order valence-electron chi connectivity index (χ1n) is 9.93. The highest BCUT2D eigenvalue weighted by molar-refractivity contribution is 8.93. The zero-order valence-electron chi connectivity index (χ0n) is 17.3. The molecule has 0 amide bonds. The summed E-state index contributed by atoms with van der Waals surface area (Å²) in [7, 11) is 0. The summed E-state index contributed by atoms with van der Waals surface area (Å²) < 4.78 is 0. The molecule has 0 aliphatic carbocycles. The molecule has 1 aliphatic rings. The minimum atomic E-state index is -0.149. The highest BCUT2D eigenvalue weighted by atomic mass is 79.9. The number of benzene rings is 3. The standard InChI is InChI=1S/C26H27NO.BrH/c1-25(2)19-26(3,21-14-8-5-9-15-21)22-16-10-11-17-23(22)27(25)18-24(28)20-12-6-4-7-13-20;/h4-17H,18-19H2,1-3H3;1H. The summed E-state index contributed by atoms with van der Waals surface area (Å²) in [4.78, 5) is 15.3. The lowest BCUT2D eigenvalue weighted by Gasteiger charge is -2.52. The second-order valence-corrected chi connectivity index (χ2v) is 8.58. The first-order valence-corrected chi connectivity index (χ1v) is 9.93. The van der Waals surface area contributed by atoms with Gasteiger partial charge in [-0.15, -0.1) is 17.0 Å². The van der Waals surface area contributed by atoms with Crippen molar-refractivity contribution in [3.63, 3.8) is 0 Å². The normalized spacial score (nSPS) is 19.8. The van der Waals surface area contributed by atoms with E-state index in [1.807, 2.05) is 30.3 Å². The fourth-order valence-corrected chi connectivity index (χ4v) is 4.78. The molecule has 0 aromatic heterocycles. The van der Waals surface area contributed by atoms with Gasteiger partial charge in [-0.2, -0.15) is 0 Å². The maximum Gasteiger partial charge on any atom is 0.182 e. The van der Waals surface area contributed by atoms with Gasteiger partial charge in [-0.1, -0.05) is 85.8 Å². The predicted octanol–water partition coefficient (Wildman–Crippen LogP) is 6.44. The molecule has 4 rings (SSSR count). The van der Waals surface area contributed by atoms with E-state index in [0.29, 0.717) is 6.54 Å². The number of Topliss-reactive ketones (excluding diaryl/α,β-unsaturated/α-hetero) is 1. The van der Waals surface area contributed by atoms with Gasteiger partial charge in [0.05, 0.1) is 6.54 Å². The molecule has 2 nitrogen and oxygen atoms in total. The third kappa shape index (κ3) is 3.89. The average molecular weight is 450 g/mol. The van der Waals surface area contributed by atoms with Crippen LogP contribution in [0.4, 0.5) is 5.69 Å². The van der Waals surface area contributed by atoms with Crippen LogP contribution in [0.25, 0.3) is 0 Å².